The van der Waals surface area contributed by atoms with Crippen molar-refractivity contribution in [2.24, 2.45) is 0 Å². The maximum absolute atomic E-state index is 6.00. The average molecular weight is 318 g/mol. The lowest BCUT2D eigenvalue weighted by Gasteiger charge is -2.05. The zero-order valence-corrected chi connectivity index (χ0v) is 12.4. The summed E-state index contributed by atoms with van der Waals surface area (Å²) >= 11 is 6.00. The number of nitrogens with zero attached hydrogens (tertiary/aromatic N) is 5. The van der Waals surface area contributed by atoms with Gasteiger partial charge in [0.05, 0.1) is 24.0 Å². The van der Waals surface area contributed by atoms with Gasteiger partial charge in [0.2, 0.25) is 0 Å². The molecule has 0 saturated carbocycles. The van der Waals surface area contributed by atoms with Gasteiger partial charge >= 0.3 is 6.01 Å². The molecule has 0 aliphatic rings. The molecule has 0 unspecified atom stereocenters. The third-order valence-electron chi connectivity index (χ3n) is 2.83. The molecule has 0 N–H and O–H groups in total. The average Bonchev–Trinajstić information content (AvgIpc) is 3.03. The van der Waals surface area contributed by atoms with Gasteiger partial charge in [-0.2, -0.15) is 0 Å². The van der Waals surface area contributed by atoms with Gasteiger partial charge in [0.1, 0.15) is 18.1 Å². The van der Waals surface area contributed by atoms with Gasteiger partial charge in [0.15, 0.2) is 0 Å². The molecule has 0 atom stereocenters. The molecule has 0 saturated heterocycles. The summed E-state index contributed by atoms with van der Waals surface area (Å²) in [5.74, 6) is 0.574. The Morgan fingerprint density at radius 1 is 1.23 bits per heavy atom. The second kappa shape index (κ2) is 6.40. The highest BCUT2D eigenvalue weighted by Gasteiger charge is 2.07. The van der Waals surface area contributed by atoms with Crippen molar-refractivity contribution in [3.05, 3.63) is 53.6 Å². The second-order valence-corrected chi connectivity index (χ2v) is 4.70. The van der Waals surface area contributed by atoms with Gasteiger partial charge in [-0.15, -0.1) is 5.10 Å². The molecule has 22 heavy (non-hydrogen) atoms. The van der Waals surface area contributed by atoms with Crippen molar-refractivity contribution in [2.75, 3.05) is 7.11 Å². The predicted molar refractivity (Wildman–Crippen MR) is 79.3 cm³/mol. The van der Waals surface area contributed by atoms with E-state index in [1.165, 1.54) is 0 Å². The smallest absolute Gasteiger partial charge is 0.316 e. The number of hydrogen-bond donors (Lipinski definition) is 0. The van der Waals surface area contributed by atoms with Crippen molar-refractivity contribution in [1.82, 2.24) is 25.0 Å². The highest BCUT2D eigenvalue weighted by molar-refractivity contribution is 6.32. The number of benzene rings is 1. The Kier molecular flexibility index (Phi) is 4.15. The molecule has 3 aromatic rings. The van der Waals surface area contributed by atoms with Gasteiger partial charge in [-0.25, -0.2) is 14.6 Å². The van der Waals surface area contributed by atoms with Crippen molar-refractivity contribution >= 4 is 11.6 Å². The van der Waals surface area contributed by atoms with Gasteiger partial charge in [-0.3, -0.25) is 0 Å². The van der Waals surface area contributed by atoms with Gasteiger partial charge < -0.3 is 9.47 Å². The standard InChI is InChI=1S/C14H12ClN5O2/c1-21-13-7-11(3-4-12(13)15)20-8-10(18-19-20)9-22-14-16-5-2-6-17-14/h2-8H,9H2,1H3. The fraction of sp³-hybridized carbons (Fsp3) is 0.143. The first kappa shape index (κ1) is 14.3. The van der Waals surface area contributed by atoms with E-state index in [0.29, 0.717) is 22.5 Å². The molecule has 0 aliphatic heterocycles. The summed E-state index contributed by atoms with van der Waals surface area (Å²) in [6, 6.07) is 7.36. The van der Waals surface area contributed by atoms with Crippen LogP contribution in [-0.4, -0.2) is 32.1 Å². The SMILES string of the molecule is COc1cc(-n2cc(COc3ncccn3)nn2)ccc1Cl. The van der Waals surface area contributed by atoms with Crippen LogP contribution in [0.5, 0.6) is 11.8 Å². The van der Waals surface area contributed by atoms with Crippen LogP contribution in [0.25, 0.3) is 5.69 Å². The summed E-state index contributed by atoms with van der Waals surface area (Å²) in [5, 5.41) is 8.63. The number of methoxy groups -OCH3 is 1. The molecule has 2 heterocycles. The first-order chi connectivity index (χ1) is 10.8. The number of halogens is 1. The van der Waals surface area contributed by atoms with E-state index in [-0.39, 0.29) is 6.61 Å². The zero-order valence-electron chi connectivity index (χ0n) is 11.7. The lowest BCUT2D eigenvalue weighted by molar-refractivity contribution is 0.276. The van der Waals surface area contributed by atoms with Crippen LogP contribution < -0.4 is 9.47 Å². The molecule has 8 heteroatoms. The van der Waals surface area contributed by atoms with E-state index in [2.05, 4.69) is 20.3 Å². The number of hydrogen-bond acceptors (Lipinski definition) is 6. The van der Waals surface area contributed by atoms with Crippen molar-refractivity contribution < 1.29 is 9.47 Å². The van der Waals surface area contributed by atoms with Gasteiger partial charge in [0.25, 0.3) is 0 Å². The lowest BCUT2D eigenvalue weighted by Crippen LogP contribution is -1.99. The maximum atomic E-state index is 6.00. The Hall–Kier alpha value is -2.67. The van der Waals surface area contributed by atoms with Crippen molar-refractivity contribution in [1.29, 1.82) is 0 Å². The minimum Gasteiger partial charge on any atom is -0.495 e. The first-order valence-corrected chi connectivity index (χ1v) is 6.79. The Bertz CT molecular complexity index is 763. The first-order valence-electron chi connectivity index (χ1n) is 6.41. The van der Waals surface area contributed by atoms with Crippen molar-refractivity contribution in [3.8, 4) is 17.4 Å². The third kappa shape index (κ3) is 3.15. The minimum atomic E-state index is 0.231. The summed E-state index contributed by atoms with van der Waals surface area (Å²) in [4.78, 5) is 7.94. The number of ether oxygens (including phenoxy) is 2. The topological polar surface area (TPSA) is 75.0 Å². The number of rotatable bonds is 5. The summed E-state index contributed by atoms with van der Waals surface area (Å²) in [6.07, 6.45) is 4.98. The summed E-state index contributed by atoms with van der Waals surface area (Å²) in [7, 11) is 1.56. The van der Waals surface area contributed by atoms with Crippen LogP contribution in [0.4, 0.5) is 0 Å². The lowest BCUT2D eigenvalue weighted by atomic mass is 10.3. The van der Waals surface area contributed by atoms with E-state index in [1.807, 2.05) is 6.07 Å². The van der Waals surface area contributed by atoms with Gasteiger partial charge in [-0.05, 0) is 18.2 Å². The largest absolute Gasteiger partial charge is 0.495 e. The molecule has 0 amide bonds. The van der Waals surface area contributed by atoms with E-state index >= 15 is 0 Å². The molecular weight excluding hydrogens is 306 g/mol. The molecule has 0 bridgehead atoms. The fourth-order valence-electron chi connectivity index (χ4n) is 1.78. The Morgan fingerprint density at radius 2 is 2.05 bits per heavy atom. The second-order valence-electron chi connectivity index (χ2n) is 4.29. The van der Waals surface area contributed by atoms with Crippen LogP contribution in [0.3, 0.4) is 0 Å². The maximum Gasteiger partial charge on any atom is 0.316 e. The number of aromatic nitrogens is 5. The quantitative estimate of drug-likeness (QED) is 0.718. The monoisotopic (exact) mass is 317 g/mol. The Balaban J connectivity index is 1.73. The van der Waals surface area contributed by atoms with Crippen LogP contribution in [-0.2, 0) is 6.61 Å². The molecule has 7 nitrogen and oxygen atoms in total. The van der Waals surface area contributed by atoms with E-state index < -0.39 is 0 Å². The van der Waals surface area contributed by atoms with E-state index in [9.17, 15) is 0 Å². The highest BCUT2D eigenvalue weighted by atomic mass is 35.5. The van der Waals surface area contributed by atoms with Crippen LogP contribution in [0.2, 0.25) is 5.02 Å². The molecule has 0 spiro atoms. The molecule has 112 valence electrons. The van der Waals surface area contributed by atoms with Crippen molar-refractivity contribution in [3.63, 3.8) is 0 Å². The molecular formula is C14H12ClN5O2. The van der Waals surface area contributed by atoms with Gasteiger partial charge in [0, 0.05) is 18.5 Å². The van der Waals surface area contributed by atoms with Crippen LogP contribution in [0, 0.1) is 0 Å². The predicted octanol–water partition coefficient (Wildman–Crippen LogP) is 2.30. The molecule has 3 rings (SSSR count). The van der Waals surface area contributed by atoms with Crippen molar-refractivity contribution in [2.45, 2.75) is 6.61 Å². The normalized spacial score (nSPS) is 10.5. The highest BCUT2D eigenvalue weighted by Crippen LogP contribution is 2.26. The molecule has 0 radical (unpaired) electrons. The van der Waals surface area contributed by atoms with Crippen LogP contribution in [0.15, 0.2) is 42.9 Å². The fourth-order valence-corrected chi connectivity index (χ4v) is 1.97. The summed E-state index contributed by atoms with van der Waals surface area (Å²) < 4.78 is 12.2. The molecule has 1 aromatic carbocycles. The molecule has 0 aliphatic carbocycles. The zero-order chi connectivity index (χ0) is 15.4. The van der Waals surface area contributed by atoms with E-state index in [0.717, 1.165) is 5.69 Å². The van der Waals surface area contributed by atoms with Crippen LogP contribution >= 0.6 is 11.6 Å². The Morgan fingerprint density at radius 3 is 2.82 bits per heavy atom. The van der Waals surface area contributed by atoms with E-state index in [4.69, 9.17) is 21.1 Å². The van der Waals surface area contributed by atoms with Gasteiger partial charge in [-0.1, -0.05) is 16.8 Å². The molecule has 0 fully saturated rings. The summed E-state index contributed by atoms with van der Waals surface area (Å²) in [5.41, 5.74) is 1.44. The third-order valence-corrected chi connectivity index (χ3v) is 3.14. The van der Waals surface area contributed by atoms with E-state index in [1.54, 1.807) is 48.6 Å². The van der Waals surface area contributed by atoms with Crippen LogP contribution in [0.1, 0.15) is 5.69 Å². The Labute approximate surface area is 131 Å². The summed E-state index contributed by atoms with van der Waals surface area (Å²) in [6.45, 7) is 0.231. The molecule has 2 aromatic heterocycles. The minimum absolute atomic E-state index is 0.231.